The van der Waals surface area contributed by atoms with Gasteiger partial charge in [0.1, 0.15) is 11.6 Å². The molecule has 146 valence electrons. The molecule has 1 aliphatic rings. The van der Waals surface area contributed by atoms with Crippen molar-refractivity contribution in [3.63, 3.8) is 0 Å². The third kappa shape index (κ3) is 4.54. The number of sulfonamides is 1. The van der Waals surface area contributed by atoms with Gasteiger partial charge in [0.15, 0.2) is 0 Å². The summed E-state index contributed by atoms with van der Waals surface area (Å²) < 4.78 is 40.5. The lowest BCUT2D eigenvalue weighted by Crippen LogP contribution is -2.49. The Morgan fingerprint density at radius 2 is 1.78 bits per heavy atom. The minimum absolute atomic E-state index is 0.192. The van der Waals surface area contributed by atoms with Crippen LogP contribution in [-0.4, -0.2) is 63.0 Å². The summed E-state index contributed by atoms with van der Waals surface area (Å²) in [6, 6.07) is 7.88. The van der Waals surface area contributed by atoms with Crippen molar-refractivity contribution in [2.24, 2.45) is 0 Å². The lowest BCUT2D eigenvalue weighted by atomic mass is 10.2. The van der Waals surface area contributed by atoms with Crippen LogP contribution < -0.4 is 9.80 Å². The maximum absolute atomic E-state index is 13.8. The van der Waals surface area contributed by atoms with E-state index in [2.05, 4.69) is 9.97 Å². The molecule has 0 amide bonds. The van der Waals surface area contributed by atoms with Crippen LogP contribution in [0.4, 0.5) is 16.2 Å². The van der Waals surface area contributed by atoms with Crippen molar-refractivity contribution < 1.29 is 12.8 Å². The zero-order valence-electron chi connectivity index (χ0n) is 15.8. The third-order valence-corrected chi connectivity index (χ3v) is 6.33. The van der Waals surface area contributed by atoms with E-state index < -0.39 is 15.8 Å². The molecule has 3 rings (SSSR count). The molecule has 1 fully saturated rings. The number of piperazine rings is 1. The summed E-state index contributed by atoms with van der Waals surface area (Å²) in [4.78, 5) is 12.9. The molecule has 0 spiro atoms. The van der Waals surface area contributed by atoms with Crippen LogP contribution >= 0.6 is 0 Å². The maximum atomic E-state index is 13.8. The molecule has 9 heteroatoms. The fourth-order valence-corrected chi connectivity index (χ4v) is 4.51. The molecule has 2 aromatic rings. The number of hydrogen-bond donors (Lipinski definition) is 0. The molecule has 0 saturated carbocycles. The highest BCUT2D eigenvalue weighted by Crippen LogP contribution is 2.20. The molecule has 1 aromatic carbocycles. The van der Waals surface area contributed by atoms with Crippen molar-refractivity contribution >= 4 is 21.8 Å². The molecule has 0 aliphatic carbocycles. The number of rotatable bonds is 5. The van der Waals surface area contributed by atoms with Crippen molar-refractivity contribution in [3.8, 4) is 0 Å². The smallest absolute Gasteiger partial charge is 0.227 e. The second-order valence-corrected chi connectivity index (χ2v) is 8.76. The molecule has 2 heterocycles. The standard InChI is InChI=1S/C18H24FN5O2S/c1-14-12-17(22(2)3)21-18(20-14)23-8-10-24(11-9-23)27(25,26)13-15-6-4-5-7-16(15)19/h4-7,12H,8-11,13H2,1-3H3. The van der Waals surface area contributed by atoms with E-state index in [0.717, 1.165) is 11.5 Å². The Morgan fingerprint density at radius 1 is 1.11 bits per heavy atom. The minimum Gasteiger partial charge on any atom is -0.363 e. The predicted octanol–water partition coefficient (Wildman–Crippen LogP) is 1.64. The van der Waals surface area contributed by atoms with Crippen LogP contribution in [0.3, 0.4) is 0 Å². The zero-order valence-corrected chi connectivity index (χ0v) is 16.6. The molecule has 0 N–H and O–H groups in total. The van der Waals surface area contributed by atoms with Crippen LogP contribution in [0.5, 0.6) is 0 Å². The van der Waals surface area contributed by atoms with E-state index in [-0.39, 0.29) is 11.3 Å². The Hall–Kier alpha value is -2.26. The second kappa shape index (κ2) is 7.77. The zero-order chi connectivity index (χ0) is 19.6. The number of benzene rings is 1. The van der Waals surface area contributed by atoms with Crippen LogP contribution in [0.15, 0.2) is 30.3 Å². The quantitative estimate of drug-likeness (QED) is 0.769. The minimum atomic E-state index is -3.58. The van der Waals surface area contributed by atoms with Crippen molar-refractivity contribution in [3.05, 3.63) is 47.4 Å². The number of anilines is 2. The fraction of sp³-hybridized carbons (Fsp3) is 0.444. The first kappa shape index (κ1) is 19.5. The molecule has 7 nitrogen and oxygen atoms in total. The summed E-state index contributed by atoms with van der Waals surface area (Å²) in [6.07, 6.45) is 0. The summed E-state index contributed by atoms with van der Waals surface area (Å²) in [5.41, 5.74) is 1.05. The van der Waals surface area contributed by atoms with Crippen LogP contribution in [0.25, 0.3) is 0 Å². The van der Waals surface area contributed by atoms with Crippen molar-refractivity contribution in [2.45, 2.75) is 12.7 Å². The highest BCUT2D eigenvalue weighted by atomic mass is 32.2. The normalized spacial score (nSPS) is 15.8. The topological polar surface area (TPSA) is 69.6 Å². The Morgan fingerprint density at radius 3 is 2.41 bits per heavy atom. The van der Waals surface area contributed by atoms with E-state index in [4.69, 9.17) is 0 Å². The molecule has 0 atom stereocenters. The van der Waals surface area contributed by atoms with E-state index in [9.17, 15) is 12.8 Å². The Labute approximate surface area is 159 Å². The monoisotopic (exact) mass is 393 g/mol. The first-order chi connectivity index (χ1) is 12.8. The molecule has 1 aliphatic heterocycles. The van der Waals surface area contributed by atoms with Gasteiger partial charge in [0.2, 0.25) is 16.0 Å². The van der Waals surface area contributed by atoms with E-state index in [1.54, 1.807) is 12.1 Å². The SMILES string of the molecule is Cc1cc(N(C)C)nc(N2CCN(S(=O)(=O)Cc3ccccc3F)CC2)n1. The highest BCUT2D eigenvalue weighted by Gasteiger charge is 2.29. The number of halogens is 1. The van der Waals surface area contributed by atoms with Crippen molar-refractivity contribution in [1.82, 2.24) is 14.3 Å². The maximum Gasteiger partial charge on any atom is 0.227 e. The summed E-state index contributed by atoms with van der Waals surface area (Å²) in [5.74, 6) is 0.590. The molecule has 1 aromatic heterocycles. The van der Waals surface area contributed by atoms with Gasteiger partial charge in [-0.1, -0.05) is 18.2 Å². The van der Waals surface area contributed by atoms with Gasteiger partial charge in [-0.2, -0.15) is 9.29 Å². The van der Waals surface area contributed by atoms with Gasteiger partial charge < -0.3 is 9.80 Å². The van der Waals surface area contributed by atoms with Crippen molar-refractivity contribution in [2.75, 3.05) is 50.1 Å². The van der Waals surface area contributed by atoms with E-state index >= 15 is 0 Å². The summed E-state index contributed by atoms with van der Waals surface area (Å²) >= 11 is 0. The van der Waals surface area contributed by atoms with Crippen LogP contribution in [0.1, 0.15) is 11.3 Å². The van der Waals surface area contributed by atoms with Crippen LogP contribution in [-0.2, 0) is 15.8 Å². The summed E-state index contributed by atoms with van der Waals surface area (Å²) in [7, 11) is 0.254. The Kier molecular flexibility index (Phi) is 5.61. The highest BCUT2D eigenvalue weighted by molar-refractivity contribution is 7.88. The van der Waals surface area contributed by atoms with E-state index in [0.29, 0.717) is 32.1 Å². The van der Waals surface area contributed by atoms with E-state index in [1.165, 1.54) is 16.4 Å². The fourth-order valence-electron chi connectivity index (χ4n) is 2.98. The van der Waals surface area contributed by atoms with Gasteiger partial charge in [-0.3, -0.25) is 0 Å². The van der Waals surface area contributed by atoms with Crippen LogP contribution in [0.2, 0.25) is 0 Å². The third-order valence-electron chi connectivity index (χ3n) is 4.50. The van der Waals surface area contributed by atoms with Gasteiger partial charge in [0, 0.05) is 57.6 Å². The van der Waals surface area contributed by atoms with Crippen LogP contribution in [0, 0.1) is 12.7 Å². The average Bonchev–Trinajstić information content (AvgIpc) is 2.63. The first-order valence-electron chi connectivity index (χ1n) is 8.75. The van der Waals surface area contributed by atoms with Crippen molar-refractivity contribution in [1.29, 1.82) is 0 Å². The first-order valence-corrected chi connectivity index (χ1v) is 10.4. The lowest BCUT2D eigenvalue weighted by molar-refractivity contribution is 0.381. The van der Waals surface area contributed by atoms with Gasteiger partial charge in [0.05, 0.1) is 5.75 Å². The van der Waals surface area contributed by atoms with Gasteiger partial charge >= 0.3 is 0 Å². The summed E-state index contributed by atoms with van der Waals surface area (Å²) in [6.45, 7) is 3.55. The molecular formula is C18H24FN5O2S. The van der Waals surface area contributed by atoms with Gasteiger partial charge in [-0.05, 0) is 13.0 Å². The Bertz CT molecular complexity index is 912. The van der Waals surface area contributed by atoms with Gasteiger partial charge in [-0.15, -0.1) is 0 Å². The molecular weight excluding hydrogens is 369 g/mol. The molecule has 1 saturated heterocycles. The largest absolute Gasteiger partial charge is 0.363 e. The number of aryl methyl sites for hydroxylation is 1. The van der Waals surface area contributed by atoms with E-state index in [1.807, 2.05) is 36.9 Å². The molecule has 27 heavy (non-hydrogen) atoms. The number of hydrogen-bond acceptors (Lipinski definition) is 6. The molecule has 0 bridgehead atoms. The van der Waals surface area contributed by atoms with Gasteiger partial charge in [-0.25, -0.2) is 17.8 Å². The second-order valence-electron chi connectivity index (χ2n) is 6.80. The Balaban J connectivity index is 1.69. The molecule has 0 unspecified atom stereocenters. The number of aromatic nitrogens is 2. The number of nitrogens with zero attached hydrogens (tertiary/aromatic N) is 5. The average molecular weight is 393 g/mol. The summed E-state index contributed by atoms with van der Waals surface area (Å²) in [5, 5.41) is 0. The predicted molar refractivity (Wildman–Crippen MR) is 104 cm³/mol. The van der Waals surface area contributed by atoms with Gasteiger partial charge in [0.25, 0.3) is 0 Å². The molecule has 0 radical (unpaired) electrons. The lowest BCUT2D eigenvalue weighted by Gasteiger charge is -2.34.